The Balaban J connectivity index is 1.34. The van der Waals surface area contributed by atoms with E-state index in [0.29, 0.717) is 37.7 Å². The summed E-state index contributed by atoms with van der Waals surface area (Å²) in [5, 5.41) is 13.3. The summed E-state index contributed by atoms with van der Waals surface area (Å²) in [6.45, 7) is 5.15. The van der Waals surface area contributed by atoms with Gasteiger partial charge in [0.2, 0.25) is 6.29 Å². The lowest BCUT2D eigenvalue weighted by atomic mass is 9.90. The Morgan fingerprint density at radius 3 is 2.69 bits per heavy atom. The Bertz CT molecular complexity index is 1170. The molecule has 1 aromatic heterocycles. The number of fused-ring (bicyclic) bond motifs is 1. The normalized spacial score (nSPS) is 17.8. The second-order valence-corrected chi connectivity index (χ2v) is 9.24. The maximum absolute atomic E-state index is 12.9. The lowest BCUT2D eigenvalue weighted by Crippen LogP contribution is -2.35. The van der Waals surface area contributed by atoms with Crippen molar-refractivity contribution in [2.45, 2.75) is 46.2 Å². The molecule has 0 aliphatic carbocycles. The van der Waals surface area contributed by atoms with Gasteiger partial charge in [0.1, 0.15) is 5.75 Å². The highest BCUT2D eigenvalue weighted by Gasteiger charge is 2.29. The molecule has 35 heavy (non-hydrogen) atoms. The van der Waals surface area contributed by atoms with Crippen LogP contribution in [-0.2, 0) is 33.9 Å². The average Bonchev–Trinajstić information content (AvgIpc) is 3.29. The second-order valence-electron chi connectivity index (χ2n) is 9.24. The molecule has 2 heterocycles. The molecule has 0 radical (unpaired) electrons. The summed E-state index contributed by atoms with van der Waals surface area (Å²) in [5.41, 5.74) is 4.00. The smallest absolute Gasteiger partial charge is 0.286 e. The molecular weight excluding hydrogens is 444 g/mol. The van der Waals surface area contributed by atoms with Crippen LogP contribution in [-0.4, -0.2) is 35.9 Å². The van der Waals surface area contributed by atoms with Gasteiger partial charge < -0.3 is 29.6 Å². The van der Waals surface area contributed by atoms with Crippen molar-refractivity contribution in [3.05, 3.63) is 77.2 Å². The molecule has 0 saturated heterocycles. The molecule has 2 aromatic carbocycles. The highest BCUT2D eigenvalue weighted by atomic mass is 16.7. The third-order valence-corrected chi connectivity index (χ3v) is 6.46. The first-order valence-corrected chi connectivity index (χ1v) is 12.1. The molecular formula is C28H34N2O5. The summed E-state index contributed by atoms with van der Waals surface area (Å²) in [6.07, 6.45) is 4.78. The minimum absolute atomic E-state index is 0.0146. The molecule has 1 aliphatic heterocycles. The van der Waals surface area contributed by atoms with E-state index in [-0.39, 0.29) is 18.4 Å². The van der Waals surface area contributed by atoms with Crippen molar-refractivity contribution < 1.29 is 24.1 Å². The van der Waals surface area contributed by atoms with Gasteiger partial charge in [-0.2, -0.15) is 0 Å². The number of allylic oxidation sites excluding steroid dienone is 1. The lowest BCUT2D eigenvalue weighted by molar-refractivity contribution is -0.154. The van der Waals surface area contributed by atoms with Gasteiger partial charge in [0.25, 0.3) is 5.91 Å². The van der Waals surface area contributed by atoms with Crippen molar-refractivity contribution in [2.24, 2.45) is 11.8 Å². The zero-order valence-corrected chi connectivity index (χ0v) is 20.5. The van der Waals surface area contributed by atoms with Crippen LogP contribution in [0.1, 0.15) is 37.0 Å². The number of hydrogen-bond donors (Lipinski definition) is 3. The predicted molar refractivity (Wildman–Crippen MR) is 135 cm³/mol. The maximum Gasteiger partial charge on any atom is 0.286 e. The van der Waals surface area contributed by atoms with E-state index < -0.39 is 6.29 Å². The van der Waals surface area contributed by atoms with E-state index in [2.05, 4.69) is 24.1 Å². The molecule has 0 fully saturated rings. The van der Waals surface area contributed by atoms with Gasteiger partial charge in [0.15, 0.2) is 5.76 Å². The topological polar surface area (TPSA) is 92.8 Å². The van der Waals surface area contributed by atoms with Crippen LogP contribution in [0.2, 0.25) is 0 Å². The van der Waals surface area contributed by atoms with E-state index in [4.69, 9.17) is 14.2 Å². The van der Waals surface area contributed by atoms with Crippen LogP contribution < -0.4 is 10.1 Å². The molecule has 4 rings (SSSR count). The number of nitrogens with one attached hydrogen (secondary N) is 2. The number of aromatic amines is 1. The van der Waals surface area contributed by atoms with Crippen LogP contribution in [0, 0.1) is 11.8 Å². The fraction of sp³-hybridized carbons (Fsp3) is 0.393. The van der Waals surface area contributed by atoms with Crippen molar-refractivity contribution >= 4 is 16.8 Å². The van der Waals surface area contributed by atoms with Crippen LogP contribution in [0.4, 0.5) is 0 Å². The van der Waals surface area contributed by atoms with E-state index in [0.717, 1.165) is 33.3 Å². The number of H-pyrrole nitrogens is 1. The molecule has 7 heteroatoms. The van der Waals surface area contributed by atoms with Gasteiger partial charge in [-0.3, -0.25) is 4.79 Å². The van der Waals surface area contributed by atoms with Gasteiger partial charge in [-0.05, 0) is 59.2 Å². The number of amides is 1. The summed E-state index contributed by atoms with van der Waals surface area (Å²) in [6, 6.07) is 13.5. The van der Waals surface area contributed by atoms with E-state index in [1.54, 1.807) is 7.11 Å². The van der Waals surface area contributed by atoms with Gasteiger partial charge in [-0.1, -0.05) is 38.1 Å². The van der Waals surface area contributed by atoms with Crippen LogP contribution >= 0.6 is 0 Å². The van der Waals surface area contributed by atoms with E-state index >= 15 is 0 Å². The van der Waals surface area contributed by atoms with Crippen LogP contribution in [0.25, 0.3) is 10.9 Å². The van der Waals surface area contributed by atoms with Crippen molar-refractivity contribution in [1.82, 2.24) is 10.3 Å². The fourth-order valence-corrected chi connectivity index (χ4v) is 4.23. The van der Waals surface area contributed by atoms with Crippen LogP contribution in [0.15, 0.2) is 60.5 Å². The maximum atomic E-state index is 12.9. The first-order valence-electron chi connectivity index (χ1n) is 12.1. The number of carbonyl (C=O) groups excluding carboxylic acids is 1. The van der Waals surface area contributed by atoms with Crippen LogP contribution in [0.3, 0.4) is 0 Å². The SMILES string of the molecule is COc1ccc2[nH]cc(CCNC(=O)C3=C[C@@H](C(C)C)C[C@@H](OCc4ccc(CO)cc4)O3)c2c1. The van der Waals surface area contributed by atoms with Gasteiger partial charge in [0.05, 0.1) is 20.3 Å². The summed E-state index contributed by atoms with van der Waals surface area (Å²) in [5.74, 6) is 1.44. The molecule has 0 spiro atoms. The lowest BCUT2D eigenvalue weighted by Gasteiger charge is -2.31. The average molecular weight is 479 g/mol. The number of aliphatic hydroxyl groups excluding tert-OH is 1. The molecule has 0 unspecified atom stereocenters. The second kappa shape index (κ2) is 11.4. The number of aromatic nitrogens is 1. The number of hydrogen-bond acceptors (Lipinski definition) is 5. The Kier molecular flexibility index (Phi) is 8.10. The Labute approximate surface area is 206 Å². The largest absolute Gasteiger partial charge is 0.497 e. The number of ether oxygens (including phenoxy) is 3. The van der Waals surface area contributed by atoms with Gasteiger partial charge >= 0.3 is 0 Å². The standard InChI is InChI=1S/C28H34N2O5/c1-18(2)22-12-26(35-27(13-22)34-17-20-6-4-19(16-31)5-7-20)28(32)29-11-10-21-15-30-25-9-8-23(33-3)14-24(21)25/h4-9,12,14-15,18,22,27,30-31H,10-11,13,16-17H2,1-3H3,(H,29,32)/t22-,27+/m1/s1. The summed E-state index contributed by atoms with van der Waals surface area (Å²) >= 11 is 0. The number of methoxy groups -OCH3 is 1. The molecule has 1 aliphatic rings. The number of benzene rings is 2. The van der Waals surface area contributed by atoms with Gasteiger partial charge in [-0.15, -0.1) is 0 Å². The third-order valence-electron chi connectivity index (χ3n) is 6.46. The summed E-state index contributed by atoms with van der Waals surface area (Å²) in [4.78, 5) is 16.2. The minimum atomic E-state index is -0.494. The molecule has 186 valence electrons. The van der Waals surface area contributed by atoms with Crippen molar-refractivity contribution in [2.75, 3.05) is 13.7 Å². The van der Waals surface area contributed by atoms with E-state index in [9.17, 15) is 9.90 Å². The minimum Gasteiger partial charge on any atom is -0.497 e. The fourth-order valence-electron chi connectivity index (χ4n) is 4.23. The zero-order valence-electron chi connectivity index (χ0n) is 20.5. The Morgan fingerprint density at radius 2 is 1.97 bits per heavy atom. The molecule has 7 nitrogen and oxygen atoms in total. The van der Waals surface area contributed by atoms with Crippen molar-refractivity contribution in [3.8, 4) is 5.75 Å². The molecule has 2 atom stereocenters. The highest BCUT2D eigenvalue weighted by molar-refractivity contribution is 5.91. The van der Waals surface area contributed by atoms with E-state index in [1.165, 1.54) is 0 Å². The monoisotopic (exact) mass is 478 g/mol. The number of aliphatic hydroxyl groups is 1. The zero-order chi connectivity index (χ0) is 24.8. The molecule has 0 bridgehead atoms. The Hall–Kier alpha value is -3.29. The Morgan fingerprint density at radius 1 is 1.20 bits per heavy atom. The van der Waals surface area contributed by atoms with Gasteiger partial charge in [-0.25, -0.2) is 0 Å². The number of rotatable bonds is 10. The van der Waals surface area contributed by atoms with Gasteiger partial charge in [0, 0.05) is 30.1 Å². The quantitative estimate of drug-likeness (QED) is 0.400. The summed E-state index contributed by atoms with van der Waals surface area (Å²) < 4.78 is 17.3. The predicted octanol–water partition coefficient (Wildman–Crippen LogP) is 4.45. The van der Waals surface area contributed by atoms with E-state index in [1.807, 2.05) is 54.7 Å². The molecule has 3 aromatic rings. The molecule has 0 saturated carbocycles. The number of carbonyl (C=O) groups is 1. The highest BCUT2D eigenvalue weighted by Crippen LogP contribution is 2.29. The van der Waals surface area contributed by atoms with Crippen LogP contribution in [0.5, 0.6) is 5.75 Å². The summed E-state index contributed by atoms with van der Waals surface area (Å²) in [7, 11) is 1.65. The first kappa shape index (κ1) is 24.8. The van der Waals surface area contributed by atoms with Crippen molar-refractivity contribution in [3.63, 3.8) is 0 Å². The molecule has 3 N–H and O–H groups in total. The van der Waals surface area contributed by atoms with Crippen molar-refractivity contribution in [1.29, 1.82) is 0 Å². The first-order chi connectivity index (χ1) is 17.0. The third kappa shape index (κ3) is 6.24. The molecule has 1 amide bonds.